The number of fused-ring (bicyclic) bond motifs is 1. The van der Waals surface area contributed by atoms with E-state index in [4.69, 9.17) is 78.3 Å². The molecular formula is C32H55B4O16P2S2-3. The second-order valence-corrected chi connectivity index (χ2v) is 19.5. The molecule has 3 unspecified atom stereocenters. The van der Waals surface area contributed by atoms with Crippen LogP contribution in [0.1, 0.15) is 68.2 Å². The Morgan fingerprint density at radius 3 is 1.52 bits per heavy atom. The van der Waals surface area contributed by atoms with Crippen LogP contribution < -0.4 is 14.7 Å². The number of rotatable bonds is 18. The van der Waals surface area contributed by atoms with Crippen LogP contribution in [0.3, 0.4) is 0 Å². The SMILES string of the molecule is [B][C@@H]1O[C@H](COC(C)C)[C@H](OP(=O)([O-])OC[C@H]2O[C@@H]([B])C[C@H]2OC(C)C)C1S.[B][C@@H]1O[C@H](COC(C)C)[C@H]2SC12.[B][C@H]1C[C@@H](OC(C)C)[C@@H](COP(=O)([O-])[O-])O1. The Kier molecular flexibility index (Phi) is 21.3. The molecular weight excluding hydrogens is 810 g/mol. The third kappa shape index (κ3) is 18.1. The smallest absolute Gasteiger partial charge is 0.268 e. The first kappa shape index (κ1) is 51.2. The van der Waals surface area contributed by atoms with Crippen molar-refractivity contribution in [2.75, 3.05) is 26.4 Å². The fourth-order valence-electron chi connectivity index (χ4n) is 6.08. The summed E-state index contributed by atoms with van der Waals surface area (Å²) in [5, 5.41) is 0.504. The Morgan fingerprint density at radius 2 is 1.11 bits per heavy atom. The Morgan fingerprint density at radius 1 is 0.643 bits per heavy atom. The number of phosphoric ester groups is 2. The highest BCUT2D eigenvalue weighted by Gasteiger charge is 2.54. The van der Waals surface area contributed by atoms with Crippen LogP contribution in [0.2, 0.25) is 0 Å². The quantitative estimate of drug-likeness (QED) is 0.0849. The lowest BCUT2D eigenvalue weighted by Gasteiger charge is -2.31. The summed E-state index contributed by atoms with van der Waals surface area (Å²) in [4.78, 5) is 33.0. The summed E-state index contributed by atoms with van der Waals surface area (Å²) in [6.07, 6.45) is -2.28. The summed E-state index contributed by atoms with van der Waals surface area (Å²) < 4.78 is 81.0. The first-order chi connectivity index (χ1) is 25.9. The zero-order valence-electron chi connectivity index (χ0n) is 33.2. The topological polar surface area (TPSA) is 205 Å². The van der Waals surface area contributed by atoms with Gasteiger partial charge in [0, 0.05) is 39.8 Å². The summed E-state index contributed by atoms with van der Waals surface area (Å²) in [6.45, 7) is 15.4. The van der Waals surface area contributed by atoms with Crippen molar-refractivity contribution in [2.24, 2.45) is 0 Å². The number of thioether (sulfide) groups is 1. The van der Waals surface area contributed by atoms with E-state index in [1.807, 2.05) is 67.2 Å². The highest BCUT2D eigenvalue weighted by Crippen LogP contribution is 2.52. The lowest BCUT2D eigenvalue weighted by atomic mass is 9.95. The Bertz CT molecular complexity index is 1260. The molecule has 56 heavy (non-hydrogen) atoms. The summed E-state index contributed by atoms with van der Waals surface area (Å²) in [7, 11) is 13.2. The standard InChI is InChI=1S/C16H29B2O8PS.C8H16BO6P.C8H13BO2S/c1-8(2)21-6-12-14(15(28)16(18)25-12)26-27(19,20)22-7-11-10(23-9(3)4)5-13(17)24-11;1-5(2)14-6-3-8(9)15-7(6)4-13-16(10,11)12;1-4(2)10-3-5-6-7(12-6)8(9)11-5/h8-16,28H,5-7H2,1-4H3,(H,19,20);5-8H,3-4H2,1-2H3,(H2,10,11,12);4-8H,3H2,1-2H3/p-3/t10-,11-,12-,13-,14+,15?,16-;6-,7-,8-;5-,6-,7?,8-/m111/s1. The zero-order valence-corrected chi connectivity index (χ0v) is 36.7. The molecule has 0 amide bonds. The van der Waals surface area contributed by atoms with Crippen molar-refractivity contribution in [3.8, 4) is 0 Å². The predicted octanol–water partition coefficient (Wildman–Crippen LogP) is 0.248. The molecule has 5 fully saturated rings. The van der Waals surface area contributed by atoms with Gasteiger partial charge in [-0.1, -0.05) is 0 Å². The highest BCUT2D eigenvalue weighted by atomic mass is 32.2. The molecule has 0 aromatic carbocycles. The van der Waals surface area contributed by atoms with E-state index in [0.29, 0.717) is 29.9 Å². The van der Waals surface area contributed by atoms with Crippen molar-refractivity contribution < 1.29 is 75.3 Å². The molecule has 24 heteroatoms. The van der Waals surface area contributed by atoms with Crippen LogP contribution >= 0.6 is 40.0 Å². The van der Waals surface area contributed by atoms with E-state index in [0.717, 1.165) is 0 Å². The molecule has 0 saturated carbocycles. The molecule has 5 saturated heterocycles. The first-order valence-corrected chi connectivity index (χ1v) is 23.1. The largest absolute Gasteiger partial charge is 0.790 e. The van der Waals surface area contributed by atoms with Gasteiger partial charge < -0.3 is 70.7 Å². The molecule has 0 aliphatic carbocycles. The van der Waals surface area contributed by atoms with Gasteiger partial charge in [0.15, 0.2) is 0 Å². The third-order valence-electron chi connectivity index (χ3n) is 8.54. The fourth-order valence-corrected chi connectivity index (χ4v) is 8.92. The number of phosphoric acid groups is 2. The van der Waals surface area contributed by atoms with E-state index >= 15 is 0 Å². The van der Waals surface area contributed by atoms with Crippen LogP contribution in [-0.2, 0) is 60.6 Å². The molecule has 0 N–H and O–H groups in total. The molecule has 0 aromatic heterocycles. The minimum Gasteiger partial charge on any atom is -0.790 e. The van der Waals surface area contributed by atoms with Crippen molar-refractivity contribution in [3.63, 3.8) is 0 Å². The van der Waals surface area contributed by atoms with Gasteiger partial charge in [0.25, 0.3) is 7.82 Å². The zero-order chi connectivity index (χ0) is 42.1. The van der Waals surface area contributed by atoms with E-state index in [9.17, 15) is 23.8 Å². The molecule has 0 spiro atoms. The maximum Gasteiger partial charge on any atom is 0.268 e. The average Bonchev–Trinajstić information content (AvgIpc) is 3.43. The van der Waals surface area contributed by atoms with Gasteiger partial charge in [-0.3, -0.25) is 4.57 Å². The fraction of sp³-hybridized carbons (Fsp3) is 1.00. The number of thiol groups is 1. The van der Waals surface area contributed by atoms with Crippen molar-refractivity contribution in [1.29, 1.82) is 0 Å². The molecule has 0 aromatic rings. The minimum absolute atomic E-state index is 0.0345. The molecule has 316 valence electrons. The summed E-state index contributed by atoms with van der Waals surface area (Å²) in [6, 6.07) is -1.89. The van der Waals surface area contributed by atoms with Crippen LogP contribution in [0.25, 0.3) is 0 Å². The molecule has 5 heterocycles. The number of hydrogen-bond acceptors (Lipinski definition) is 18. The van der Waals surface area contributed by atoms with E-state index in [1.165, 1.54) is 0 Å². The third-order valence-corrected chi connectivity index (χ3v) is 12.0. The molecule has 15 atom stereocenters. The maximum absolute atomic E-state index is 12.4. The van der Waals surface area contributed by atoms with Crippen LogP contribution in [0.15, 0.2) is 0 Å². The van der Waals surface area contributed by atoms with Gasteiger partial charge in [0.05, 0.1) is 77.0 Å². The van der Waals surface area contributed by atoms with Crippen molar-refractivity contribution in [3.05, 3.63) is 0 Å². The van der Waals surface area contributed by atoms with E-state index in [-0.39, 0.29) is 68.6 Å². The van der Waals surface area contributed by atoms with Crippen LogP contribution in [-0.4, -0.2) is 165 Å². The molecule has 5 rings (SSSR count). The van der Waals surface area contributed by atoms with Crippen LogP contribution in [0, 0.1) is 0 Å². The van der Waals surface area contributed by atoms with Crippen molar-refractivity contribution in [1.82, 2.24) is 0 Å². The average molecular weight is 865 g/mol. The van der Waals surface area contributed by atoms with Crippen LogP contribution in [0.5, 0.6) is 0 Å². The normalized spacial score (nSPS) is 37.7. The van der Waals surface area contributed by atoms with Gasteiger partial charge in [-0.05, 0) is 68.2 Å². The molecule has 5 aliphatic rings. The summed E-state index contributed by atoms with van der Waals surface area (Å²) >= 11 is 6.23. The van der Waals surface area contributed by atoms with Gasteiger partial charge >= 0.3 is 0 Å². The summed E-state index contributed by atoms with van der Waals surface area (Å²) in [5.41, 5.74) is 0. The minimum atomic E-state index is -4.98. The van der Waals surface area contributed by atoms with Gasteiger partial charge in [-0.15, -0.1) is 11.8 Å². The lowest BCUT2D eigenvalue weighted by Crippen LogP contribution is -2.37. The molecule has 16 nitrogen and oxygen atoms in total. The van der Waals surface area contributed by atoms with E-state index in [2.05, 4.69) is 17.2 Å². The van der Waals surface area contributed by atoms with Crippen molar-refractivity contribution in [2.45, 2.75) is 175 Å². The Hall–Kier alpha value is 0.860. The number of hydrogen-bond donors (Lipinski definition) is 1. The van der Waals surface area contributed by atoms with Gasteiger partial charge in [-0.25, -0.2) is 0 Å². The predicted molar refractivity (Wildman–Crippen MR) is 209 cm³/mol. The molecule has 0 bridgehead atoms. The van der Waals surface area contributed by atoms with E-state index < -0.39 is 63.3 Å². The second-order valence-electron chi connectivity index (χ2n) is 15.0. The van der Waals surface area contributed by atoms with E-state index in [1.54, 1.807) is 0 Å². The number of ether oxygens (including phenoxy) is 8. The lowest BCUT2D eigenvalue weighted by molar-refractivity contribution is -0.343. The molecule has 5 aliphatic heterocycles. The van der Waals surface area contributed by atoms with Gasteiger partial charge in [-0.2, -0.15) is 12.6 Å². The highest BCUT2D eigenvalue weighted by molar-refractivity contribution is 8.08. The first-order valence-electron chi connectivity index (χ1n) is 18.8. The van der Waals surface area contributed by atoms with Crippen molar-refractivity contribution >= 4 is 71.4 Å². The summed E-state index contributed by atoms with van der Waals surface area (Å²) in [5.74, 6) is 0. The van der Waals surface area contributed by atoms with Crippen LogP contribution in [0.4, 0.5) is 0 Å². The molecule has 8 radical (unpaired) electrons. The monoisotopic (exact) mass is 865 g/mol. The Labute approximate surface area is 347 Å². The van der Waals surface area contributed by atoms with Gasteiger partial charge in [0.2, 0.25) is 0 Å². The Balaban J connectivity index is 0.000000251. The van der Waals surface area contributed by atoms with Gasteiger partial charge in [0.1, 0.15) is 55.8 Å². The maximum atomic E-state index is 12.4. The second kappa shape index (κ2) is 23.3.